The Morgan fingerprint density at radius 3 is 2.52 bits per heavy atom. The molecule has 1 aromatic carbocycles. The summed E-state index contributed by atoms with van der Waals surface area (Å²) in [4.78, 5) is 24.2. The number of nitrogens with zero attached hydrogens (tertiary/aromatic N) is 6. The summed E-state index contributed by atoms with van der Waals surface area (Å²) in [6, 6.07) is 10.1. The van der Waals surface area contributed by atoms with Crippen molar-refractivity contribution in [3.8, 4) is 5.88 Å². The lowest BCUT2D eigenvalue weighted by Gasteiger charge is -2.41. The normalized spacial score (nSPS) is 15.8. The molecule has 3 heterocycles. The number of rotatable bonds is 5. The standard InChI is InChI=1S/C23H27N7O3/c1-15-14-29(10-11-30(15)19-12-25-20(13-24-19)33-23(31)32-4)22-17(3)16(2)21(27-28-22)26-18-8-6-5-7-9-18/h5-9,12-13,15H,10-11,14H2,1-4H3,(H,26,27)/t15-/m1/s1. The highest BCUT2D eigenvalue weighted by Crippen LogP contribution is 2.28. The number of anilines is 4. The van der Waals surface area contributed by atoms with Crippen LogP contribution in [0.2, 0.25) is 0 Å². The molecular weight excluding hydrogens is 422 g/mol. The third-order valence-corrected chi connectivity index (χ3v) is 5.72. The van der Waals surface area contributed by atoms with Crippen LogP contribution in [0.4, 0.5) is 27.9 Å². The van der Waals surface area contributed by atoms with Crippen LogP contribution < -0.4 is 19.9 Å². The van der Waals surface area contributed by atoms with E-state index in [0.29, 0.717) is 0 Å². The van der Waals surface area contributed by atoms with Gasteiger partial charge in [0.2, 0.25) is 5.88 Å². The number of carbonyl (C=O) groups is 1. The molecule has 1 aliphatic rings. The molecule has 1 atom stereocenters. The molecule has 3 aromatic rings. The lowest BCUT2D eigenvalue weighted by Crippen LogP contribution is -2.53. The molecule has 1 fully saturated rings. The molecule has 0 unspecified atom stereocenters. The molecule has 0 bridgehead atoms. The smallest absolute Gasteiger partial charge is 0.437 e. The highest BCUT2D eigenvalue weighted by molar-refractivity contribution is 5.64. The van der Waals surface area contributed by atoms with Crippen molar-refractivity contribution in [2.75, 3.05) is 41.9 Å². The summed E-state index contributed by atoms with van der Waals surface area (Å²) in [5.41, 5.74) is 3.16. The second kappa shape index (κ2) is 9.68. The van der Waals surface area contributed by atoms with Gasteiger partial charge in [0.15, 0.2) is 11.6 Å². The van der Waals surface area contributed by atoms with E-state index in [1.807, 2.05) is 30.3 Å². The fourth-order valence-electron chi connectivity index (χ4n) is 3.80. The summed E-state index contributed by atoms with van der Waals surface area (Å²) in [6.07, 6.45) is 2.20. The van der Waals surface area contributed by atoms with Crippen LogP contribution in [-0.4, -0.2) is 59.1 Å². The van der Waals surface area contributed by atoms with Gasteiger partial charge in [-0.25, -0.2) is 14.8 Å². The van der Waals surface area contributed by atoms with Crippen molar-refractivity contribution < 1.29 is 14.3 Å². The minimum atomic E-state index is -0.823. The summed E-state index contributed by atoms with van der Waals surface area (Å²) in [7, 11) is 1.24. The zero-order chi connectivity index (χ0) is 23.4. The van der Waals surface area contributed by atoms with Gasteiger partial charge in [-0.05, 0) is 32.9 Å². The van der Waals surface area contributed by atoms with E-state index < -0.39 is 6.16 Å². The van der Waals surface area contributed by atoms with E-state index in [1.54, 1.807) is 6.20 Å². The molecule has 0 spiro atoms. The first-order valence-electron chi connectivity index (χ1n) is 10.7. The van der Waals surface area contributed by atoms with Crippen LogP contribution in [0.3, 0.4) is 0 Å². The van der Waals surface area contributed by atoms with Gasteiger partial charge < -0.3 is 24.6 Å². The van der Waals surface area contributed by atoms with Gasteiger partial charge in [0.1, 0.15) is 5.82 Å². The van der Waals surface area contributed by atoms with Gasteiger partial charge in [0, 0.05) is 42.5 Å². The monoisotopic (exact) mass is 449 g/mol. The molecule has 1 saturated heterocycles. The topological polar surface area (TPSA) is 106 Å². The number of ether oxygens (including phenoxy) is 2. The first-order valence-corrected chi connectivity index (χ1v) is 10.7. The molecule has 1 aliphatic heterocycles. The summed E-state index contributed by atoms with van der Waals surface area (Å²) in [6.45, 7) is 8.56. The Morgan fingerprint density at radius 1 is 1.06 bits per heavy atom. The number of carbonyl (C=O) groups excluding carboxylic acids is 1. The zero-order valence-corrected chi connectivity index (χ0v) is 19.1. The first-order chi connectivity index (χ1) is 16.0. The van der Waals surface area contributed by atoms with Gasteiger partial charge in [0.25, 0.3) is 0 Å². The van der Waals surface area contributed by atoms with Gasteiger partial charge in [-0.2, -0.15) is 0 Å². The van der Waals surface area contributed by atoms with Crippen LogP contribution in [0.1, 0.15) is 18.1 Å². The molecule has 0 saturated carbocycles. The number of nitrogens with one attached hydrogen (secondary N) is 1. The Morgan fingerprint density at radius 2 is 1.85 bits per heavy atom. The van der Waals surface area contributed by atoms with E-state index in [9.17, 15) is 4.79 Å². The van der Waals surface area contributed by atoms with Crippen molar-refractivity contribution in [3.05, 3.63) is 53.9 Å². The highest BCUT2D eigenvalue weighted by Gasteiger charge is 2.27. The summed E-state index contributed by atoms with van der Waals surface area (Å²) in [5, 5.41) is 12.4. The second-order valence-corrected chi connectivity index (χ2v) is 7.87. The molecular formula is C23H27N7O3. The number of hydrogen-bond acceptors (Lipinski definition) is 10. The fourth-order valence-corrected chi connectivity index (χ4v) is 3.80. The van der Waals surface area contributed by atoms with Gasteiger partial charge in [-0.3, -0.25) is 0 Å². The molecule has 0 aliphatic carbocycles. The Balaban J connectivity index is 1.44. The molecule has 10 heteroatoms. The van der Waals surface area contributed by atoms with Crippen molar-refractivity contribution in [1.29, 1.82) is 0 Å². The highest BCUT2D eigenvalue weighted by atomic mass is 16.7. The average molecular weight is 450 g/mol. The number of para-hydroxylation sites is 1. The largest absolute Gasteiger partial charge is 0.514 e. The van der Waals surface area contributed by atoms with Gasteiger partial charge in [-0.15, -0.1) is 10.2 Å². The molecule has 0 radical (unpaired) electrons. The molecule has 0 amide bonds. The van der Waals surface area contributed by atoms with Crippen molar-refractivity contribution in [1.82, 2.24) is 20.2 Å². The minimum Gasteiger partial charge on any atom is -0.437 e. The van der Waals surface area contributed by atoms with Crippen LogP contribution in [0, 0.1) is 13.8 Å². The predicted molar refractivity (Wildman–Crippen MR) is 125 cm³/mol. The second-order valence-electron chi connectivity index (χ2n) is 7.87. The molecule has 2 aromatic heterocycles. The number of methoxy groups -OCH3 is 1. The Labute approximate surface area is 192 Å². The number of aromatic nitrogens is 4. The fraction of sp³-hybridized carbons (Fsp3) is 0.348. The van der Waals surface area contributed by atoms with Crippen LogP contribution in [0.5, 0.6) is 5.88 Å². The molecule has 1 N–H and O–H groups in total. The van der Waals surface area contributed by atoms with E-state index in [0.717, 1.165) is 53.9 Å². The van der Waals surface area contributed by atoms with Crippen LogP contribution in [0.25, 0.3) is 0 Å². The Kier molecular flexibility index (Phi) is 6.53. The third-order valence-electron chi connectivity index (χ3n) is 5.72. The SMILES string of the molecule is COC(=O)Oc1cnc(N2CCN(c3nnc(Nc4ccccc4)c(C)c3C)C[C@H]2C)cn1. The van der Waals surface area contributed by atoms with E-state index in [2.05, 4.69) is 60.8 Å². The van der Waals surface area contributed by atoms with Crippen molar-refractivity contribution in [3.63, 3.8) is 0 Å². The summed E-state index contributed by atoms with van der Waals surface area (Å²) < 4.78 is 9.36. The van der Waals surface area contributed by atoms with Crippen LogP contribution in [0.15, 0.2) is 42.7 Å². The van der Waals surface area contributed by atoms with Gasteiger partial charge >= 0.3 is 6.16 Å². The molecule has 4 rings (SSSR count). The third kappa shape index (κ3) is 4.94. The maximum absolute atomic E-state index is 11.2. The zero-order valence-electron chi connectivity index (χ0n) is 19.1. The van der Waals surface area contributed by atoms with Crippen molar-refractivity contribution >= 4 is 29.3 Å². The maximum atomic E-state index is 11.2. The number of hydrogen-bond donors (Lipinski definition) is 1. The Hall–Kier alpha value is -3.95. The lowest BCUT2D eigenvalue weighted by molar-refractivity contribution is 0.119. The summed E-state index contributed by atoms with van der Waals surface area (Å²) >= 11 is 0. The Bertz CT molecular complexity index is 1110. The van der Waals surface area contributed by atoms with Crippen LogP contribution >= 0.6 is 0 Å². The lowest BCUT2D eigenvalue weighted by atomic mass is 10.1. The minimum absolute atomic E-state index is 0.0995. The number of piperazine rings is 1. The van der Waals surface area contributed by atoms with E-state index in [4.69, 9.17) is 4.74 Å². The van der Waals surface area contributed by atoms with Gasteiger partial charge in [-0.1, -0.05) is 18.2 Å². The summed E-state index contributed by atoms with van der Waals surface area (Å²) in [5.74, 6) is 2.48. The predicted octanol–water partition coefficient (Wildman–Crippen LogP) is 3.49. The van der Waals surface area contributed by atoms with E-state index in [1.165, 1.54) is 13.3 Å². The van der Waals surface area contributed by atoms with Crippen molar-refractivity contribution in [2.45, 2.75) is 26.8 Å². The van der Waals surface area contributed by atoms with Crippen LogP contribution in [-0.2, 0) is 4.74 Å². The van der Waals surface area contributed by atoms with Gasteiger partial charge in [0.05, 0.1) is 19.5 Å². The quantitative estimate of drug-likeness (QED) is 0.582. The first kappa shape index (κ1) is 22.3. The number of benzene rings is 1. The molecule has 10 nitrogen and oxygen atoms in total. The van der Waals surface area contributed by atoms with E-state index >= 15 is 0 Å². The molecule has 33 heavy (non-hydrogen) atoms. The maximum Gasteiger partial charge on any atom is 0.514 e. The molecule has 172 valence electrons. The van der Waals surface area contributed by atoms with E-state index in [-0.39, 0.29) is 11.9 Å². The average Bonchev–Trinajstić information content (AvgIpc) is 2.83. The van der Waals surface area contributed by atoms with Crippen molar-refractivity contribution in [2.24, 2.45) is 0 Å².